The molecule has 2 fully saturated rings. The monoisotopic (exact) mass is 409 g/mol. The van der Waals surface area contributed by atoms with Gasteiger partial charge in [-0.3, -0.25) is 9.89 Å². The van der Waals surface area contributed by atoms with Crippen LogP contribution in [-0.2, 0) is 0 Å². The molecule has 2 N–H and O–H groups in total. The second-order valence-corrected chi connectivity index (χ2v) is 5.92. The average molecular weight is 409 g/mol. The third-order valence-corrected chi connectivity index (χ3v) is 4.53. The Hall–Kier alpha value is -0.0800. The lowest BCUT2D eigenvalue weighted by molar-refractivity contribution is 0.140. The fourth-order valence-corrected chi connectivity index (χ4v) is 3.03. The van der Waals surface area contributed by atoms with Crippen LogP contribution >= 0.6 is 24.0 Å². The molecule has 2 aliphatic rings. The summed E-state index contributed by atoms with van der Waals surface area (Å²) in [7, 11) is 0. The maximum atomic E-state index is 6.13. The Kier molecular flexibility index (Phi) is 9.59. The van der Waals surface area contributed by atoms with Crippen LogP contribution in [-0.4, -0.2) is 79.6 Å². The SMILES string of the molecule is CCN1CCN(CCN=C(N)N2CCCCCC2)CC1.I. The molecule has 2 saturated heterocycles. The Morgan fingerprint density at radius 2 is 1.48 bits per heavy atom. The summed E-state index contributed by atoms with van der Waals surface area (Å²) in [5.74, 6) is 0.763. The first-order valence-electron chi connectivity index (χ1n) is 8.29. The predicted octanol–water partition coefficient (Wildman–Crippen LogP) is 1.43. The van der Waals surface area contributed by atoms with Crippen molar-refractivity contribution in [3.63, 3.8) is 0 Å². The Morgan fingerprint density at radius 3 is 2.05 bits per heavy atom. The van der Waals surface area contributed by atoms with E-state index < -0.39 is 0 Å². The minimum atomic E-state index is 0. The molecular formula is C15H32IN5. The highest BCUT2D eigenvalue weighted by molar-refractivity contribution is 14.0. The molecule has 6 heteroatoms. The number of piperazine rings is 1. The van der Waals surface area contributed by atoms with Crippen molar-refractivity contribution in [1.29, 1.82) is 0 Å². The van der Waals surface area contributed by atoms with Gasteiger partial charge in [-0.1, -0.05) is 19.8 Å². The van der Waals surface area contributed by atoms with E-state index in [1.807, 2.05) is 0 Å². The first-order valence-corrected chi connectivity index (χ1v) is 8.29. The van der Waals surface area contributed by atoms with Crippen LogP contribution in [0.25, 0.3) is 0 Å². The summed E-state index contributed by atoms with van der Waals surface area (Å²) in [6.07, 6.45) is 5.20. The summed E-state index contributed by atoms with van der Waals surface area (Å²) in [4.78, 5) is 11.9. The summed E-state index contributed by atoms with van der Waals surface area (Å²) in [6.45, 7) is 12.2. The van der Waals surface area contributed by atoms with E-state index in [9.17, 15) is 0 Å². The lowest BCUT2D eigenvalue weighted by atomic mass is 10.2. The van der Waals surface area contributed by atoms with Gasteiger partial charge in [0, 0.05) is 45.8 Å². The zero-order chi connectivity index (χ0) is 14.2. The Labute approximate surface area is 146 Å². The van der Waals surface area contributed by atoms with Crippen molar-refractivity contribution in [2.24, 2.45) is 10.7 Å². The topological polar surface area (TPSA) is 48.1 Å². The van der Waals surface area contributed by atoms with E-state index in [1.54, 1.807) is 0 Å². The van der Waals surface area contributed by atoms with Gasteiger partial charge in [0.2, 0.25) is 0 Å². The van der Waals surface area contributed by atoms with Crippen molar-refractivity contribution in [3.8, 4) is 0 Å². The van der Waals surface area contributed by atoms with Gasteiger partial charge in [0.25, 0.3) is 0 Å². The Bertz CT molecular complexity index is 294. The summed E-state index contributed by atoms with van der Waals surface area (Å²) in [5.41, 5.74) is 6.13. The van der Waals surface area contributed by atoms with Crippen LogP contribution in [0.3, 0.4) is 0 Å². The highest BCUT2D eigenvalue weighted by Crippen LogP contribution is 2.09. The number of guanidine groups is 1. The zero-order valence-electron chi connectivity index (χ0n) is 13.5. The van der Waals surface area contributed by atoms with E-state index in [2.05, 4.69) is 26.6 Å². The van der Waals surface area contributed by atoms with Gasteiger partial charge in [-0.2, -0.15) is 0 Å². The van der Waals surface area contributed by atoms with Crippen LogP contribution in [0.1, 0.15) is 32.6 Å². The summed E-state index contributed by atoms with van der Waals surface area (Å²) in [5, 5.41) is 0. The third kappa shape index (κ3) is 6.69. The highest BCUT2D eigenvalue weighted by Gasteiger charge is 2.15. The van der Waals surface area contributed by atoms with Crippen molar-refractivity contribution < 1.29 is 0 Å². The molecule has 124 valence electrons. The normalized spacial score (nSPS) is 22.7. The van der Waals surface area contributed by atoms with Gasteiger partial charge in [0.1, 0.15) is 0 Å². The van der Waals surface area contributed by atoms with Crippen LogP contribution in [0.4, 0.5) is 0 Å². The number of likely N-dealkylation sites (N-methyl/N-ethyl adjacent to an activating group) is 1. The van der Waals surface area contributed by atoms with Crippen molar-refractivity contribution >= 4 is 29.9 Å². The number of likely N-dealkylation sites (tertiary alicyclic amines) is 1. The van der Waals surface area contributed by atoms with Crippen molar-refractivity contribution in [3.05, 3.63) is 0 Å². The van der Waals surface area contributed by atoms with E-state index >= 15 is 0 Å². The molecule has 21 heavy (non-hydrogen) atoms. The fraction of sp³-hybridized carbons (Fsp3) is 0.933. The summed E-state index contributed by atoms with van der Waals surface area (Å²) >= 11 is 0. The average Bonchev–Trinajstić information content (AvgIpc) is 2.77. The summed E-state index contributed by atoms with van der Waals surface area (Å²) in [6, 6.07) is 0. The molecule has 0 bridgehead atoms. The number of rotatable bonds is 4. The minimum Gasteiger partial charge on any atom is -0.370 e. The first-order chi connectivity index (χ1) is 9.79. The van der Waals surface area contributed by atoms with Crippen molar-refractivity contribution in [2.75, 3.05) is 58.9 Å². The lowest BCUT2D eigenvalue weighted by Gasteiger charge is -2.33. The van der Waals surface area contributed by atoms with Gasteiger partial charge in [-0.05, 0) is 19.4 Å². The molecule has 0 aromatic heterocycles. The second-order valence-electron chi connectivity index (χ2n) is 5.92. The molecule has 0 atom stereocenters. The van der Waals surface area contributed by atoms with E-state index in [0.29, 0.717) is 0 Å². The van der Waals surface area contributed by atoms with E-state index in [0.717, 1.165) is 32.1 Å². The van der Waals surface area contributed by atoms with Crippen LogP contribution in [0.2, 0.25) is 0 Å². The van der Waals surface area contributed by atoms with Crippen LogP contribution in [0.5, 0.6) is 0 Å². The highest BCUT2D eigenvalue weighted by atomic mass is 127. The molecule has 0 radical (unpaired) electrons. The molecule has 0 unspecified atom stereocenters. The molecule has 0 aromatic rings. The quantitative estimate of drug-likeness (QED) is 0.434. The maximum Gasteiger partial charge on any atom is 0.191 e. The lowest BCUT2D eigenvalue weighted by Crippen LogP contribution is -2.47. The van der Waals surface area contributed by atoms with E-state index in [1.165, 1.54) is 58.4 Å². The van der Waals surface area contributed by atoms with Gasteiger partial charge in [0.15, 0.2) is 5.96 Å². The molecule has 0 aliphatic carbocycles. The smallest absolute Gasteiger partial charge is 0.191 e. The molecule has 0 amide bonds. The number of hydrogen-bond acceptors (Lipinski definition) is 3. The zero-order valence-corrected chi connectivity index (χ0v) is 15.8. The van der Waals surface area contributed by atoms with Gasteiger partial charge >= 0.3 is 0 Å². The largest absolute Gasteiger partial charge is 0.370 e. The minimum absolute atomic E-state index is 0. The first kappa shape index (κ1) is 19.0. The van der Waals surface area contributed by atoms with Gasteiger partial charge in [0.05, 0.1) is 6.54 Å². The van der Waals surface area contributed by atoms with Crippen molar-refractivity contribution in [1.82, 2.24) is 14.7 Å². The summed E-state index contributed by atoms with van der Waals surface area (Å²) < 4.78 is 0. The molecule has 0 aromatic carbocycles. The molecule has 0 saturated carbocycles. The Morgan fingerprint density at radius 1 is 0.905 bits per heavy atom. The number of halogens is 1. The predicted molar refractivity (Wildman–Crippen MR) is 100 cm³/mol. The molecule has 2 rings (SSSR count). The Balaban J connectivity index is 0.00000220. The molecule has 5 nitrogen and oxygen atoms in total. The molecular weight excluding hydrogens is 377 g/mol. The van der Waals surface area contributed by atoms with Crippen LogP contribution < -0.4 is 5.73 Å². The van der Waals surface area contributed by atoms with Crippen molar-refractivity contribution in [2.45, 2.75) is 32.6 Å². The molecule has 0 spiro atoms. The number of nitrogens with zero attached hydrogens (tertiary/aromatic N) is 4. The van der Waals surface area contributed by atoms with Gasteiger partial charge < -0.3 is 15.5 Å². The number of nitrogens with two attached hydrogens (primary N) is 1. The van der Waals surface area contributed by atoms with Gasteiger partial charge in [-0.15, -0.1) is 24.0 Å². The van der Waals surface area contributed by atoms with Gasteiger partial charge in [-0.25, -0.2) is 0 Å². The number of hydrogen-bond donors (Lipinski definition) is 1. The van der Waals surface area contributed by atoms with Crippen LogP contribution in [0, 0.1) is 0 Å². The maximum absolute atomic E-state index is 6.13. The number of aliphatic imine (C=N–C) groups is 1. The third-order valence-electron chi connectivity index (χ3n) is 4.53. The second kappa shape index (κ2) is 10.6. The standard InChI is InChI=1S/C15H31N5.HI/c1-2-18-11-13-19(14-12-18)10-7-17-15(16)20-8-5-3-4-6-9-20;/h2-14H2,1H3,(H2,16,17);1H. The fourth-order valence-electron chi connectivity index (χ4n) is 3.03. The van der Waals surface area contributed by atoms with Crippen LogP contribution in [0.15, 0.2) is 4.99 Å². The molecule has 2 aliphatic heterocycles. The van der Waals surface area contributed by atoms with E-state index in [-0.39, 0.29) is 24.0 Å². The van der Waals surface area contributed by atoms with E-state index in [4.69, 9.17) is 5.73 Å². The molecule has 2 heterocycles.